The Hall–Kier alpha value is -1.48. The smallest absolute Gasteiger partial charge is 0.308 e. The van der Waals surface area contributed by atoms with Crippen LogP contribution in [0.15, 0.2) is 17.7 Å². The van der Waals surface area contributed by atoms with Gasteiger partial charge in [0.05, 0.1) is 0 Å². The molecule has 29 heavy (non-hydrogen) atoms. The minimum atomic E-state index is -0.288. The van der Waals surface area contributed by atoms with Crippen molar-refractivity contribution in [2.24, 2.45) is 0 Å². The van der Waals surface area contributed by atoms with Crippen LogP contribution >= 0.6 is 11.6 Å². The lowest BCUT2D eigenvalue weighted by Gasteiger charge is -2.30. The van der Waals surface area contributed by atoms with E-state index in [-0.39, 0.29) is 22.4 Å². The van der Waals surface area contributed by atoms with Crippen LogP contribution in [0.1, 0.15) is 91.8 Å². The summed E-state index contributed by atoms with van der Waals surface area (Å²) in [5.74, 6) is 1.91. The van der Waals surface area contributed by atoms with E-state index < -0.39 is 0 Å². The number of allylic oxidation sites excluding steroid dienone is 2. The first kappa shape index (κ1) is 23.8. The monoisotopic (exact) mass is 420 g/mol. The van der Waals surface area contributed by atoms with Crippen LogP contribution in [0.2, 0.25) is 0 Å². The standard InChI is InChI=1S/C25H37ClO3/c1-16(15-26)11-10-12-25(9)14-18-20(29-25)13-19(23(3,4)5)22(28-17(2)27)21(18)24(6,7)8/h11,13H,10,12,14-15H2,1-9H3. The summed E-state index contributed by atoms with van der Waals surface area (Å²) in [6.45, 7) is 18.6. The van der Waals surface area contributed by atoms with E-state index in [4.69, 9.17) is 21.1 Å². The summed E-state index contributed by atoms with van der Waals surface area (Å²) in [4.78, 5) is 12.0. The fourth-order valence-corrected chi connectivity index (χ4v) is 4.15. The van der Waals surface area contributed by atoms with E-state index in [1.807, 2.05) is 0 Å². The maximum absolute atomic E-state index is 12.0. The molecule has 0 spiro atoms. The van der Waals surface area contributed by atoms with Gasteiger partial charge in [-0.25, -0.2) is 0 Å². The number of hydrogen-bond acceptors (Lipinski definition) is 3. The second-order valence-corrected chi connectivity index (χ2v) is 10.9. The van der Waals surface area contributed by atoms with Crippen molar-refractivity contribution in [3.63, 3.8) is 0 Å². The maximum Gasteiger partial charge on any atom is 0.308 e. The topological polar surface area (TPSA) is 35.5 Å². The first-order valence-corrected chi connectivity index (χ1v) is 11.0. The molecule has 4 heteroatoms. The lowest BCUT2D eigenvalue weighted by molar-refractivity contribution is -0.132. The van der Waals surface area contributed by atoms with Gasteiger partial charge in [-0.3, -0.25) is 4.79 Å². The molecule has 0 N–H and O–H groups in total. The molecule has 0 aromatic heterocycles. The third kappa shape index (κ3) is 5.57. The Labute approximate surface area is 181 Å². The van der Waals surface area contributed by atoms with Crippen LogP contribution in [0.5, 0.6) is 11.5 Å². The van der Waals surface area contributed by atoms with Gasteiger partial charge in [-0.05, 0) is 43.6 Å². The number of carbonyl (C=O) groups is 1. The van der Waals surface area contributed by atoms with E-state index >= 15 is 0 Å². The summed E-state index contributed by atoms with van der Waals surface area (Å²) < 4.78 is 12.4. The average Bonchev–Trinajstić information content (AvgIpc) is 2.86. The molecule has 1 atom stereocenters. The average molecular weight is 421 g/mol. The third-order valence-electron chi connectivity index (χ3n) is 5.43. The van der Waals surface area contributed by atoms with Crippen LogP contribution < -0.4 is 9.47 Å². The second kappa shape index (κ2) is 8.34. The van der Waals surface area contributed by atoms with Crippen LogP contribution in [0.4, 0.5) is 0 Å². The van der Waals surface area contributed by atoms with Gasteiger partial charge >= 0.3 is 5.97 Å². The predicted molar refractivity (Wildman–Crippen MR) is 122 cm³/mol. The number of benzene rings is 1. The van der Waals surface area contributed by atoms with Crippen molar-refractivity contribution in [3.8, 4) is 11.5 Å². The van der Waals surface area contributed by atoms with Gasteiger partial charge in [-0.2, -0.15) is 0 Å². The molecule has 0 amide bonds. The SMILES string of the molecule is CC(=O)Oc1c(C(C)(C)C)cc2c(c1C(C)(C)C)CC(C)(CCC=C(C)CCl)O2. The van der Waals surface area contributed by atoms with Gasteiger partial charge < -0.3 is 9.47 Å². The van der Waals surface area contributed by atoms with Gasteiger partial charge in [0.2, 0.25) is 0 Å². The molecule has 1 aromatic carbocycles. The highest BCUT2D eigenvalue weighted by Crippen LogP contribution is 2.50. The van der Waals surface area contributed by atoms with Gasteiger partial charge in [-0.1, -0.05) is 53.2 Å². The van der Waals surface area contributed by atoms with E-state index in [2.05, 4.69) is 67.5 Å². The van der Waals surface area contributed by atoms with Crippen molar-refractivity contribution in [2.75, 3.05) is 5.88 Å². The van der Waals surface area contributed by atoms with E-state index in [0.717, 1.165) is 36.1 Å². The number of alkyl halides is 1. The van der Waals surface area contributed by atoms with Crippen molar-refractivity contribution in [3.05, 3.63) is 34.4 Å². The van der Waals surface area contributed by atoms with E-state index in [0.29, 0.717) is 11.6 Å². The van der Waals surface area contributed by atoms with Gasteiger partial charge in [0.1, 0.15) is 17.1 Å². The molecule has 1 aliphatic rings. The van der Waals surface area contributed by atoms with Crippen LogP contribution in [0.3, 0.4) is 0 Å². The Morgan fingerprint density at radius 3 is 2.31 bits per heavy atom. The van der Waals surface area contributed by atoms with Gasteiger partial charge in [0.15, 0.2) is 0 Å². The molecule has 3 nitrogen and oxygen atoms in total. The Morgan fingerprint density at radius 1 is 1.21 bits per heavy atom. The zero-order chi connectivity index (χ0) is 22.2. The highest BCUT2D eigenvalue weighted by Gasteiger charge is 2.41. The Kier molecular flexibility index (Phi) is 6.84. The largest absolute Gasteiger partial charge is 0.487 e. The fraction of sp³-hybridized carbons (Fsp3) is 0.640. The molecular weight excluding hydrogens is 384 g/mol. The van der Waals surface area contributed by atoms with Crippen molar-refractivity contribution in [1.82, 2.24) is 0 Å². The number of ether oxygens (including phenoxy) is 2. The van der Waals surface area contributed by atoms with E-state index in [9.17, 15) is 4.79 Å². The van der Waals surface area contributed by atoms with E-state index in [1.165, 1.54) is 18.1 Å². The van der Waals surface area contributed by atoms with Gasteiger partial charge in [0.25, 0.3) is 0 Å². The van der Waals surface area contributed by atoms with Crippen LogP contribution in [0.25, 0.3) is 0 Å². The Bertz CT molecular complexity index is 809. The molecule has 1 aromatic rings. The number of halogens is 1. The lowest BCUT2D eigenvalue weighted by Crippen LogP contribution is -2.30. The minimum absolute atomic E-state index is 0.178. The summed E-state index contributed by atoms with van der Waals surface area (Å²) in [6, 6.07) is 2.09. The molecule has 162 valence electrons. The maximum atomic E-state index is 12.0. The molecule has 2 rings (SSSR count). The van der Waals surface area contributed by atoms with Gasteiger partial charge in [0, 0.05) is 35.9 Å². The molecule has 1 aliphatic heterocycles. The summed E-state index contributed by atoms with van der Waals surface area (Å²) >= 11 is 5.90. The third-order valence-corrected chi connectivity index (χ3v) is 5.86. The summed E-state index contributed by atoms with van der Waals surface area (Å²) in [7, 11) is 0. The summed E-state index contributed by atoms with van der Waals surface area (Å²) in [5.41, 5.74) is 3.82. The van der Waals surface area contributed by atoms with Crippen LogP contribution in [-0.2, 0) is 22.0 Å². The lowest BCUT2D eigenvalue weighted by atomic mass is 9.75. The highest BCUT2D eigenvalue weighted by molar-refractivity contribution is 6.19. The molecule has 0 bridgehead atoms. The molecular formula is C25H37ClO3. The fourth-order valence-electron chi connectivity index (χ4n) is 4.04. The summed E-state index contributed by atoms with van der Waals surface area (Å²) in [6.07, 6.45) is 4.84. The van der Waals surface area contributed by atoms with E-state index in [1.54, 1.807) is 0 Å². The molecule has 0 radical (unpaired) electrons. The second-order valence-electron chi connectivity index (χ2n) is 10.7. The highest BCUT2D eigenvalue weighted by atomic mass is 35.5. The number of fused-ring (bicyclic) bond motifs is 1. The predicted octanol–water partition coefficient (Wildman–Crippen LogP) is 6.87. The van der Waals surface area contributed by atoms with Crippen molar-refractivity contribution < 1.29 is 14.3 Å². The first-order valence-electron chi connectivity index (χ1n) is 10.5. The normalized spacial score (nSPS) is 19.7. The van der Waals surface area contributed by atoms with Crippen molar-refractivity contribution >= 4 is 17.6 Å². The molecule has 0 saturated heterocycles. The molecule has 0 saturated carbocycles. The minimum Gasteiger partial charge on any atom is -0.487 e. The molecule has 0 fully saturated rings. The first-order chi connectivity index (χ1) is 13.2. The number of rotatable bonds is 5. The van der Waals surface area contributed by atoms with Crippen LogP contribution in [0, 0.1) is 0 Å². The summed E-state index contributed by atoms with van der Waals surface area (Å²) in [5, 5.41) is 0. The molecule has 1 heterocycles. The van der Waals surface area contributed by atoms with Crippen LogP contribution in [-0.4, -0.2) is 17.5 Å². The quantitative estimate of drug-likeness (QED) is 0.226. The van der Waals surface area contributed by atoms with Crippen molar-refractivity contribution in [1.29, 1.82) is 0 Å². The Morgan fingerprint density at radius 2 is 1.83 bits per heavy atom. The number of carbonyl (C=O) groups excluding carboxylic acids is 1. The number of esters is 1. The van der Waals surface area contributed by atoms with Gasteiger partial charge in [-0.15, -0.1) is 11.6 Å². The number of hydrogen-bond donors (Lipinski definition) is 0. The molecule has 1 unspecified atom stereocenters. The zero-order valence-electron chi connectivity index (χ0n) is 19.6. The zero-order valence-corrected chi connectivity index (χ0v) is 20.3. The molecule has 0 aliphatic carbocycles. The van der Waals surface area contributed by atoms with Crippen molar-refractivity contribution in [2.45, 2.75) is 98.0 Å². The Balaban J connectivity index is 2.58.